The molecule has 114 valence electrons. The number of hydrogen-bond donors (Lipinski definition) is 2. The second kappa shape index (κ2) is 7.65. The lowest BCUT2D eigenvalue weighted by molar-refractivity contribution is 0.0994. The number of aliphatic hydroxyl groups is 1. The van der Waals surface area contributed by atoms with Crippen LogP contribution < -0.4 is 10.1 Å². The number of rotatable bonds is 7. The summed E-state index contributed by atoms with van der Waals surface area (Å²) in [7, 11) is 0. The summed E-state index contributed by atoms with van der Waals surface area (Å²) in [6, 6.07) is 8.08. The third-order valence-corrected chi connectivity index (χ3v) is 3.36. The molecular weight excluding hydrogens is 250 g/mol. The molecule has 0 bridgehead atoms. The fraction of sp³-hybridized carbons (Fsp3) is 0.647. The van der Waals surface area contributed by atoms with E-state index in [4.69, 9.17) is 4.74 Å². The maximum atomic E-state index is 9.97. The zero-order valence-electron chi connectivity index (χ0n) is 13.4. The summed E-state index contributed by atoms with van der Waals surface area (Å²) in [6.07, 6.45) is 0.577. The SMILES string of the molecule is CCC(C)c1ccccc1OCC(O)CNC(C)(C)C. The highest BCUT2D eigenvalue weighted by Gasteiger charge is 2.14. The Kier molecular flexibility index (Phi) is 6.50. The van der Waals surface area contributed by atoms with E-state index < -0.39 is 6.10 Å². The number of β-amino-alcohol motifs (C(OH)–C–C–N with tert-alkyl or cyclic N) is 1. The molecule has 0 spiro atoms. The number of hydrogen-bond acceptors (Lipinski definition) is 3. The number of nitrogens with one attached hydrogen (secondary N) is 1. The molecular formula is C17H29NO2. The van der Waals surface area contributed by atoms with Crippen molar-refractivity contribution in [2.45, 2.75) is 58.6 Å². The molecule has 20 heavy (non-hydrogen) atoms. The van der Waals surface area contributed by atoms with Gasteiger partial charge in [0.25, 0.3) is 0 Å². The second-order valence-corrected chi connectivity index (χ2v) is 6.44. The van der Waals surface area contributed by atoms with Crippen molar-refractivity contribution in [1.29, 1.82) is 0 Å². The first-order valence-electron chi connectivity index (χ1n) is 7.48. The normalized spacial score (nSPS) is 14.9. The summed E-state index contributed by atoms with van der Waals surface area (Å²) in [6.45, 7) is 11.5. The van der Waals surface area contributed by atoms with Crippen LogP contribution in [0.2, 0.25) is 0 Å². The number of aliphatic hydroxyl groups excluding tert-OH is 1. The first-order valence-corrected chi connectivity index (χ1v) is 7.48. The van der Waals surface area contributed by atoms with E-state index in [-0.39, 0.29) is 5.54 Å². The topological polar surface area (TPSA) is 41.5 Å². The van der Waals surface area contributed by atoms with E-state index in [1.54, 1.807) is 0 Å². The van der Waals surface area contributed by atoms with E-state index in [1.165, 1.54) is 5.56 Å². The lowest BCUT2D eigenvalue weighted by Gasteiger charge is -2.23. The van der Waals surface area contributed by atoms with Crippen LogP contribution in [-0.2, 0) is 0 Å². The van der Waals surface area contributed by atoms with Crippen molar-refractivity contribution in [2.75, 3.05) is 13.2 Å². The van der Waals surface area contributed by atoms with Gasteiger partial charge in [-0.1, -0.05) is 32.0 Å². The van der Waals surface area contributed by atoms with Crippen molar-refractivity contribution >= 4 is 0 Å². The maximum Gasteiger partial charge on any atom is 0.122 e. The van der Waals surface area contributed by atoms with Crippen molar-refractivity contribution in [3.8, 4) is 5.75 Å². The number of para-hydroxylation sites is 1. The van der Waals surface area contributed by atoms with Gasteiger partial charge in [0.05, 0.1) is 0 Å². The molecule has 2 N–H and O–H groups in total. The van der Waals surface area contributed by atoms with Crippen LogP contribution in [-0.4, -0.2) is 29.9 Å². The minimum atomic E-state index is -0.501. The smallest absolute Gasteiger partial charge is 0.122 e. The van der Waals surface area contributed by atoms with Crippen LogP contribution in [0.5, 0.6) is 5.75 Å². The quantitative estimate of drug-likeness (QED) is 0.804. The molecule has 3 heteroatoms. The van der Waals surface area contributed by atoms with Gasteiger partial charge in [-0.25, -0.2) is 0 Å². The molecule has 1 rings (SSSR count). The average Bonchev–Trinajstić information content (AvgIpc) is 2.41. The second-order valence-electron chi connectivity index (χ2n) is 6.44. The van der Waals surface area contributed by atoms with Gasteiger partial charge < -0.3 is 15.2 Å². The van der Waals surface area contributed by atoms with Gasteiger partial charge >= 0.3 is 0 Å². The van der Waals surface area contributed by atoms with Gasteiger partial charge in [-0.3, -0.25) is 0 Å². The number of ether oxygens (including phenoxy) is 1. The van der Waals surface area contributed by atoms with Crippen molar-refractivity contribution in [3.05, 3.63) is 29.8 Å². The van der Waals surface area contributed by atoms with E-state index in [2.05, 4.69) is 46.0 Å². The molecule has 0 aromatic heterocycles. The van der Waals surface area contributed by atoms with E-state index in [0.29, 0.717) is 19.1 Å². The van der Waals surface area contributed by atoms with Crippen molar-refractivity contribution in [1.82, 2.24) is 5.32 Å². The van der Waals surface area contributed by atoms with Crippen LogP contribution in [0.4, 0.5) is 0 Å². The molecule has 0 amide bonds. The molecule has 2 atom stereocenters. The minimum Gasteiger partial charge on any atom is -0.491 e. The third kappa shape index (κ3) is 5.93. The van der Waals surface area contributed by atoms with E-state index in [9.17, 15) is 5.11 Å². The highest BCUT2D eigenvalue weighted by Crippen LogP contribution is 2.28. The van der Waals surface area contributed by atoms with Crippen LogP contribution >= 0.6 is 0 Å². The lowest BCUT2D eigenvalue weighted by atomic mass is 9.98. The Morgan fingerprint density at radius 2 is 1.90 bits per heavy atom. The van der Waals surface area contributed by atoms with Crippen LogP contribution in [0.15, 0.2) is 24.3 Å². The third-order valence-electron chi connectivity index (χ3n) is 3.36. The summed E-state index contributed by atoms with van der Waals surface area (Å²) < 4.78 is 5.80. The highest BCUT2D eigenvalue weighted by atomic mass is 16.5. The first kappa shape index (κ1) is 17.0. The molecule has 0 heterocycles. The molecule has 0 radical (unpaired) electrons. The summed E-state index contributed by atoms with van der Waals surface area (Å²) in [4.78, 5) is 0. The summed E-state index contributed by atoms with van der Waals surface area (Å²) in [5, 5.41) is 13.2. The maximum absolute atomic E-state index is 9.97. The van der Waals surface area contributed by atoms with Crippen LogP contribution in [0.1, 0.15) is 52.5 Å². The molecule has 1 aromatic carbocycles. The van der Waals surface area contributed by atoms with Gasteiger partial charge in [-0.2, -0.15) is 0 Å². The Balaban J connectivity index is 2.53. The van der Waals surface area contributed by atoms with E-state index >= 15 is 0 Å². The van der Waals surface area contributed by atoms with E-state index in [1.807, 2.05) is 18.2 Å². The fourth-order valence-corrected chi connectivity index (χ4v) is 1.91. The minimum absolute atomic E-state index is 0.00954. The molecule has 0 aliphatic rings. The van der Waals surface area contributed by atoms with Gasteiger partial charge in [0.2, 0.25) is 0 Å². The first-order chi connectivity index (χ1) is 9.33. The Bertz CT molecular complexity index is 398. The molecule has 0 aliphatic carbocycles. The predicted octanol–water partition coefficient (Wildman–Crippen LogP) is 3.33. The predicted molar refractivity (Wildman–Crippen MR) is 84.4 cm³/mol. The highest BCUT2D eigenvalue weighted by molar-refractivity contribution is 5.35. The van der Waals surface area contributed by atoms with Crippen LogP contribution in [0, 0.1) is 0 Å². The zero-order chi connectivity index (χ0) is 15.2. The molecule has 0 fully saturated rings. The van der Waals surface area contributed by atoms with E-state index in [0.717, 1.165) is 12.2 Å². The molecule has 2 unspecified atom stereocenters. The molecule has 0 saturated carbocycles. The Labute approximate surface area is 123 Å². The average molecular weight is 279 g/mol. The van der Waals surface area contributed by atoms with Crippen molar-refractivity contribution < 1.29 is 9.84 Å². The Morgan fingerprint density at radius 1 is 1.25 bits per heavy atom. The standard InChI is InChI=1S/C17H29NO2/c1-6-13(2)15-9-7-8-10-16(15)20-12-14(19)11-18-17(3,4)5/h7-10,13-14,18-19H,6,11-12H2,1-5H3. The van der Waals surface area contributed by atoms with Gasteiger partial charge in [0.15, 0.2) is 0 Å². The van der Waals surface area contributed by atoms with Crippen molar-refractivity contribution in [2.24, 2.45) is 0 Å². The van der Waals surface area contributed by atoms with Crippen LogP contribution in [0.3, 0.4) is 0 Å². The fourth-order valence-electron chi connectivity index (χ4n) is 1.91. The summed E-state index contributed by atoms with van der Waals surface area (Å²) >= 11 is 0. The van der Waals surface area contributed by atoms with Crippen LogP contribution in [0.25, 0.3) is 0 Å². The van der Waals surface area contributed by atoms with Gasteiger partial charge in [-0.15, -0.1) is 0 Å². The van der Waals surface area contributed by atoms with Crippen molar-refractivity contribution in [3.63, 3.8) is 0 Å². The van der Waals surface area contributed by atoms with Gasteiger partial charge in [-0.05, 0) is 44.7 Å². The molecule has 0 saturated heterocycles. The number of benzene rings is 1. The Morgan fingerprint density at radius 3 is 2.50 bits per heavy atom. The molecule has 1 aromatic rings. The molecule has 0 aliphatic heterocycles. The lowest BCUT2D eigenvalue weighted by Crippen LogP contribution is -2.42. The van der Waals surface area contributed by atoms with Gasteiger partial charge in [0.1, 0.15) is 18.5 Å². The molecule has 3 nitrogen and oxygen atoms in total. The monoisotopic (exact) mass is 279 g/mol. The summed E-state index contributed by atoms with van der Waals surface area (Å²) in [5.41, 5.74) is 1.22. The Hall–Kier alpha value is -1.06. The van der Waals surface area contributed by atoms with Gasteiger partial charge in [0, 0.05) is 12.1 Å². The largest absolute Gasteiger partial charge is 0.491 e. The summed E-state index contributed by atoms with van der Waals surface area (Å²) in [5.74, 6) is 1.35. The zero-order valence-corrected chi connectivity index (χ0v) is 13.4.